The van der Waals surface area contributed by atoms with Crippen LogP contribution in [-0.2, 0) is 0 Å². The topological polar surface area (TPSA) is 45.5 Å². The lowest BCUT2D eigenvalue weighted by molar-refractivity contribution is 0.301. The monoisotopic (exact) mass is 122 g/mol. The molecular weight excluding hydrogens is 116 g/mol. The molecule has 0 amide bonds. The highest BCUT2D eigenvalue weighted by Gasteiger charge is 1.71. The van der Waals surface area contributed by atoms with Crippen LogP contribution in [0, 0.1) is 0 Å². The van der Waals surface area contributed by atoms with E-state index < -0.39 is 0 Å². The minimum Gasteiger partial charge on any atom is -0.410 e. The summed E-state index contributed by atoms with van der Waals surface area (Å²) in [7, 11) is 0. The van der Waals surface area contributed by atoms with E-state index in [4.69, 9.17) is 5.21 Å². The van der Waals surface area contributed by atoms with Crippen molar-refractivity contribution < 1.29 is 5.21 Å². The van der Waals surface area contributed by atoms with E-state index in [0.29, 0.717) is 5.36 Å². The van der Waals surface area contributed by atoms with Crippen molar-refractivity contribution in [1.82, 2.24) is 4.98 Å². The smallest absolute Gasteiger partial charge is 0.120 e. The first-order valence-corrected chi connectivity index (χ1v) is 2.52. The summed E-state index contributed by atoms with van der Waals surface area (Å²) in [5.74, 6) is 0. The van der Waals surface area contributed by atoms with Gasteiger partial charge in [-0.1, -0.05) is 11.2 Å². The predicted octanol–water partition coefficient (Wildman–Crippen LogP) is 0.372. The quantitative estimate of drug-likeness (QED) is 0.399. The summed E-state index contributed by atoms with van der Waals surface area (Å²) < 4.78 is 0. The first kappa shape index (κ1) is 5.75. The molecule has 0 unspecified atom stereocenters. The van der Waals surface area contributed by atoms with Crippen molar-refractivity contribution in [3.05, 3.63) is 36.0 Å². The molecule has 0 bridgehead atoms. The zero-order valence-electron chi connectivity index (χ0n) is 4.73. The van der Waals surface area contributed by atoms with Crippen LogP contribution in [0.2, 0.25) is 0 Å². The molecule has 0 radical (unpaired) electrons. The Morgan fingerprint density at radius 1 is 1.44 bits per heavy atom. The Bertz CT molecular complexity index is 224. The number of rotatable bonds is 0. The normalized spacial score (nSPS) is 11.3. The van der Waals surface area contributed by atoms with E-state index in [0.717, 1.165) is 0 Å². The van der Waals surface area contributed by atoms with E-state index in [-0.39, 0.29) is 0 Å². The van der Waals surface area contributed by atoms with Crippen LogP contribution in [0.1, 0.15) is 0 Å². The second kappa shape index (κ2) is 2.81. The molecule has 0 saturated carbocycles. The van der Waals surface area contributed by atoms with Crippen LogP contribution in [0.5, 0.6) is 0 Å². The van der Waals surface area contributed by atoms with E-state index in [9.17, 15) is 0 Å². The molecule has 1 aromatic heterocycles. The third kappa shape index (κ3) is 1.53. The SMILES string of the molecule is ON=c1ccccnc1. The van der Waals surface area contributed by atoms with Gasteiger partial charge in [0.2, 0.25) is 0 Å². The van der Waals surface area contributed by atoms with Gasteiger partial charge in [0, 0.05) is 6.20 Å². The zero-order valence-corrected chi connectivity index (χ0v) is 4.73. The maximum atomic E-state index is 8.23. The van der Waals surface area contributed by atoms with Crippen LogP contribution in [0.3, 0.4) is 0 Å². The second-order valence-corrected chi connectivity index (χ2v) is 1.50. The summed E-state index contributed by atoms with van der Waals surface area (Å²) in [5.41, 5.74) is 0. The summed E-state index contributed by atoms with van der Waals surface area (Å²) in [5, 5.41) is 11.6. The Hall–Kier alpha value is -1.38. The number of hydrogen-bond donors (Lipinski definition) is 1. The molecule has 1 aromatic rings. The maximum Gasteiger partial charge on any atom is 0.120 e. The van der Waals surface area contributed by atoms with Crippen molar-refractivity contribution in [1.29, 1.82) is 0 Å². The van der Waals surface area contributed by atoms with Gasteiger partial charge in [0.05, 0.1) is 6.20 Å². The average Bonchev–Trinajstić information content (AvgIpc) is 2.13. The summed E-state index contributed by atoms with van der Waals surface area (Å²) >= 11 is 0. The van der Waals surface area contributed by atoms with Gasteiger partial charge in [0.1, 0.15) is 5.36 Å². The van der Waals surface area contributed by atoms with Gasteiger partial charge < -0.3 is 5.21 Å². The lowest BCUT2D eigenvalue weighted by Crippen LogP contribution is -1.94. The molecular formula is C6H6N2O. The molecule has 3 nitrogen and oxygen atoms in total. The average molecular weight is 122 g/mol. The van der Waals surface area contributed by atoms with Gasteiger partial charge in [-0.25, -0.2) is 0 Å². The fourth-order valence-corrected chi connectivity index (χ4v) is 0.475. The molecule has 0 aromatic carbocycles. The molecule has 1 N–H and O–H groups in total. The molecule has 46 valence electrons. The van der Waals surface area contributed by atoms with E-state index in [1.54, 1.807) is 24.4 Å². The van der Waals surface area contributed by atoms with Crippen LogP contribution in [0.15, 0.2) is 35.7 Å². The lowest BCUT2D eigenvalue weighted by atomic mass is 10.5. The first-order chi connectivity index (χ1) is 4.43. The summed E-state index contributed by atoms with van der Waals surface area (Å²) in [6, 6.07) is 5.17. The van der Waals surface area contributed by atoms with E-state index in [1.165, 1.54) is 6.20 Å². The Morgan fingerprint density at radius 2 is 2.33 bits per heavy atom. The standard InChI is InChI=1S/C6H6N2O/c9-8-6-3-1-2-4-7-5-6/h1-5,9H. The van der Waals surface area contributed by atoms with Gasteiger partial charge in [-0.3, -0.25) is 4.98 Å². The highest BCUT2D eigenvalue weighted by atomic mass is 16.4. The molecule has 0 aliphatic rings. The summed E-state index contributed by atoms with van der Waals surface area (Å²) in [4.78, 5) is 3.76. The minimum absolute atomic E-state index is 0.458. The molecule has 0 fully saturated rings. The Balaban J connectivity index is 3.28. The van der Waals surface area contributed by atoms with Crippen molar-refractivity contribution in [3.8, 4) is 0 Å². The summed E-state index contributed by atoms with van der Waals surface area (Å²) in [6.45, 7) is 0. The third-order valence-corrected chi connectivity index (χ3v) is 0.873. The Labute approximate surface area is 52.3 Å². The van der Waals surface area contributed by atoms with Gasteiger partial charge in [-0.2, -0.15) is 0 Å². The van der Waals surface area contributed by atoms with Crippen LogP contribution < -0.4 is 5.36 Å². The van der Waals surface area contributed by atoms with E-state index in [1.807, 2.05) is 0 Å². The number of hydrogen-bond acceptors (Lipinski definition) is 3. The molecule has 0 aliphatic heterocycles. The van der Waals surface area contributed by atoms with Crippen molar-refractivity contribution in [2.75, 3.05) is 0 Å². The second-order valence-electron chi connectivity index (χ2n) is 1.50. The first-order valence-electron chi connectivity index (χ1n) is 2.52. The molecule has 0 saturated heterocycles. The van der Waals surface area contributed by atoms with E-state index in [2.05, 4.69) is 10.1 Å². The van der Waals surface area contributed by atoms with E-state index >= 15 is 0 Å². The molecule has 1 heterocycles. The van der Waals surface area contributed by atoms with Gasteiger partial charge in [0.25, 0.3) is 0 Å². The fraction of sp³-hybridized carbons (Fsp3) is 0. The third-order valence-electron chi connectivity index (χ3n) is 0.873. The van der Waals surface area contributed by atoms with Crippen LogP contribution >= 0.6 is 0 Å². The van der Waals surface area contributed by atoms with Crippen molar-refractivity contribution in [2.24, 2.45) is 5.16 Å². The van der Waals surface area contributed by atoms with Crippen molar-refractivity contribution in [3.63, 3.8) is 0 Å². The molecule has 9 heavy (non-hydrogen) atoms. The Morgan fingerprint density at radius 3 is 3.11 bits per heavy atom. The predicted molar refractivity (Wildman–Crippen MR) is 31.6 cm³/mol. The van der Waals surface area contributed by atoms with Crippen LogP contribution in [-0.4, -0.2) is 10.2 Å². The minimum atomic E-state index is 0.458. The summed E-state index contributed by atoms with van der Waals surface area (Å²) in [6.07, 6.45) is 3.09. The van der Waals surface area contributed by atoms with Gasteiger partial charge in [-0.15, -0.1) is 0 Å². The van der Waals surface area contributed by atoms with Gasteiger partial charge in [0.15, 0.2) is 0 Å². The number of nitrogens with zero attached hydrogens (tertiary/aromatic N) is 2. The number of aromatic nitrogens is 1. The lowest BCUT2D eigenvalue weighted by Gasteiger charge is -1.67. The largest absolute Gasteiger partial charge is 0.410 e. The van der Waals surface area contributed by atoms with Crippen LogP contribution in [0.4, 0.5) is 0 Å². The Kier molecular flexibility index (Phi) is 1.80. The highest BCUT2D eigenvalue weighted by Crippen LogP contribution is 1.69. The van der Waals surface area contributed by atoms with Crippen molar-refractivity contribution in [2.45, 2.75) is 0 Å². The molecule has 0 atom stereocenters. The fourth-order valence-electron chi connectivity index (χ4n) is 0.475. The molecule has 1 rings (SSSR count). The molecule has 3 heteroatoms. The zero-order chi connectivity index (χ0) is 6.53. The maximum absolute atomic E-state index is 8.23. The molecule has 0 spiro atoms. The van der Waals surface area contributed by atoms with Gasteiger partial charge >= 0.3 is 0 Å². The molecule has 0 aliphatic carbocycles. The van der Waals surface area contributed by atoms with Crippen molar-refractivity contribution >= 4 is 0 Å². The highest BCUT2D eigenvalue weighted by molar-refractivity contribution is 4.90. The van der Waals surface area contributed by atoms with Gasteiger partial charge in [-0.05, 0) is 12.1 Å². The van der Waals surface area contributed by atoms with Crippen LogP contribution in [0.25, 0.3) is 0 Å².